The summed E-state index contributed by atoms with van der Waals surface area (Å²) in [5.41, 5.74) is 8.44. The Kier molecular flexibility index (Phi) is 4.22. The summed E-state index contributed by atoms with van der Waals surface area (Å²) >= 11 is 0. The molecular weight excluding hydrogens is 368 g/mol. The van der Waals surface area contributed by atoms with E-state index in [1.54, 1.807) is 11.6 Å². The van der Waals surface area contributed by atoms with Gasteiger partial charge in [-0.25, -0.2) is 0 Å². The first-order valence-electron chi connectivity index (χ1n) is 10.1. The van der Waals surface area contributed by atoms with Crippen molar-refractivity contribution in [2.45, 2.75) is 31.9 Å². The van der Waals surface area contributed by atoms with Gasteiger partial charge in [-0.3, -0.25) is 14.5 Å². The van der Waals surface area contributed by atoms with Crippen LogP contribution in [0.4, 0.5) is 5.95 Å². The average molecular weight is 394 g/mol. The average Bonchev–Trinajstić information content (AvgIpc) is 3.30. The number of piperidine rings is 1. The smallest absolute Gasteiger partial charge is 0.266 e. The minimum absolute atomic E-state index is 0.0351. The second-order valence-electron chi connectivity index (χ2n) is 8.33. The molecule has 2 fully saturated rings. The van der Waals surface area contributed by atoms with Crippen LogP contribution in [-0.2, 0) is 11.8 Å². The number of nitrogens with two attached hydrogens (primary N) is 1. The molecule has 2 saturated heterocycles. The molecule has 0 saturated carbocycles. The van der Waals surface area contributed by atoms with Crippen molar-refractivity contribution in [3.8, 4) is 11.3 Å². The predicted molar refractivity (Wildman–Crippen MR) is 112 cm³/mol. The Morgan fingerprint density at radius 3 is 2.62 bits per heavy atom. The molecule has 0 amide bonds. The number of nitrogens with one attached hydrogen (secondary N) is 1. The molecule has 1 spiro atoms. The summed E-state index contributed by atoms with van der Waals surface area (Å²) in [5, 5.41) is 7.86. The van der Waals surface area contributed by atoms with Crippen molar-refractivity contribution >= 4 is 17.0 Å². The molecule has 1 aromatic carbocycles. The Bertz CT molecular complexity index is 1100. The summed E-state index contributed by atoms with van der Waals surface area (Å²) in [6.07, 6.45) is 1.97. The fourth-order valence-electron chi connectivity index (χ4n) is 4.76. The highest BCUT2D eigenvalue weighted by Crippen LogP contribution is 2.41. The van der Waals surface area contributed by atoms with E-state index in [4.69, 9.17) is 15.5 Å². The summed E-state index contributed by atoms with van der Waals surface area (Å²) in [6, 6.07) is 9.76. The number of hydrogen-bond acceptors (Lipinski definition) is 6. The van der Waals surface area contributed by atoms with E-state index in [0.29, 0.717) is 22.7 Å². The molecule has 3 aromatic rings. The standard InChI is InChI=1S/C21H26N6O2/c1-13-17(22)21(12-29-13)8-10-27(11-9-21)20-23-18-15(19(28)26(20)2)16(24-25-18)14-6-4-3-5-7-14/h3-7,13,17H,8-12,22H2,1-2H3,(H,24,25)/t13-,17+/m0/s1. The topological polar surface area (TPSA) is 102 Å². The molecule has 5 rings (SSSR count). The van der Waals surface area contributed by atoms with Crippen LogP contribution in [0.3, 0.4) is 0 Å². The largest absolute Gasteiger partial charge is 0.376 e. The maximum atomic E-state index is 13.2. The monoisotopic (exact) mass is 394 g/mol. The second-order valence-corrected chi connectivity index (χ2v) is 8.33. The van der Waals surface area contributed by atoms with Crippen molar-refractivity contribution in [3.05, 3.63) is 40.7 Å². The minimum atomic E-state index is -0.0904. The van der Waals surface area contributed by atoms with Gasteiger partial charge < -0.3 is 15.4 Å². The molecule has 0 bridgehead atoms. The zero-order chi connectivity index (χ0) is 20.2. The predicted octanol–water partition coefficient (Wildman–Crippen LogP) is 1.66. The van der Waals surface area contributed by atoms with Gasteiger partial charge in [-0.05, 0) is 19.8 Å². The normalized spacial score (nSPS) is 23.9. The fourth-order valence-corrected chi connectivity index (χ4v) is 4.76. The van der Waals surface area contributed by atoms with Gasteiger partial charge in [0.05, 0.1) is 12.7 Å². The number of nitrogens with zero attached hydrogens (tertiary/aromatic N) is 4. The van der Waals surface area contributed by atoms with Gasteiger partial charge in [0.15, 0.2) is 5.65 Å². The Morgan fingerprint density at radius 1 is 1.24 bits per heavy atom. The maximum absolute atomic E-state index is 13.2. The van der Waals surface area contributed by atoms with E-state index in [9.17, 15) is 4.79 Å². The van der Waals surface area contributed by atoms with Gasteiger partial charge >= 0.3 is 0 Å². The fraction of sp³-hybridized carbons (Fsp3) is 0.476. The van der Waals surface area contributed by atoms with Gasteiger partial charge in [0.1, 0.15) is 11.1 Å². The number of H-pyrrole nitrogens is 1. The summed E-state index contributed by atoms with van der Waals surface area (Å²) in [4.78, 5) is 20.1. The molecule has 2 aromatic heterocycles. The first kappa shape index (κ1) is 18.3. The summed E-state index contributed by atoms with van der Waals surface area (Å²) < 4.78 is 7.45. The Balaban J connectivity index is 1.48. The lowest BCUT2D eigenvalue weighted by Crippen LogP contribution is -2.51. The molecule has 152 valence electrons. The van der Waals surface area contributed by atoms with Crippen molar-refractivity contribution in [1.82, 2.24) is 19.7 Å². The third-order valence-corrected chi connectivity index (χ3v) is 6.71. The lowest BCUT2D eigenvalue weighted by atomic mass is 9.73. The van der Waals surface area contributed by atoms with E-state index in [1.165, 1.54) is 0 Å². The number of fused-ring (bicyclic) bond motifs is 1. The van der Waals surface area contributed by atoms with Crippen LogP contribution in [0.1, 0.15) is 19.8 Å². The highest BCUT2D eigenvalue weighted by atomic mass is 16.5. The van der Waals surface area contributed by atoms with E-state index >= 15 is 0 Å². The van der Waals surface area contributed by atoms with Gasteiger partial charge in [-0.2, -0.15) is 10.1 Å². The van der Waals surface area contributed by atoms with Gasteiger partial charge in [0.25, 0.3) is 5.56 Å². The molecule has 8 heteroatoms. The third kappa shape index (κ3) is 2.78. The van der Waals surface area contributed by atoms with Gasteiger partial charge in [-0.15, -0.1) is 0 Å². The van der Waals surface area contributed by atoms with Crippen molar-refractivity contribution in [2.75, 3.05) is 24.6 Å². The van der Waals surface area contributed by atoms with E-state index in [2.05, 4.69) is 15.1 Å². The zero-order valence-electron chi connectivity index (χ0n) is 16.8. The molecule has 2 aliphatic heterocycles. The summed E-state index contributed by atoms with van der Waals surface area (Å²) in [6.45, 7) is 4.37. The van der Waals surface area contributed by atoms with E-state index < -0.39 is 0 Å². The first-order valence-corrected chi connectivity index (χ1v) is 10.1. The highest BCUT2D eigenvalue weighted by molar-refractivity contribution is 5.90. The summed E-state index contributed by atoms with van der Waals surface area (Å²) in [5.74, 6) is 0.668. The van der Waals surface area contributed by atoms with Crippen LogP contribution in [0.5, 0.6) is 0 Å². The number of aromatic amines is 1. The number of aromatic nitrogens is 4. The van der Waals surface area contributed by atoms with Gasteiger partial charge in [-0.1, -0.05) is 30.3 Å². The van der Waals surface area contributed by atoms with Crippen LogP contribution in [0.25, 0.3) is 22.3 Å². The van der Waals surface area contributed by atoms with Crippen molar-refractivity contribution in [1.29, 1.82) is 0 Å². The third-order valence-electron chi connectivity index (χ3n) is 6.71. The van der Waals surface area contributed by atoms with Crippen LogP contribution >= 0.6 is 0 Å². The lowest BCUT2D eigenvalue weighted by Gasteiger charge is -2.41. The second kappa shape index (κ2) is 6.67. The number of rotatable bonds is 2. The molecule has 0 radical (unpaired) electrons. The van der Waals surface area contributed by atoms with E-state index in [-0.39, 0.29) is 23.1 Å². The van der Waals surface area contributed by atoms with Crippen LogP contribution in [0.15, 0.2) is 35.1 Å². The number of ether oxygens (including phenoxy) is 1. The quantitative estimate of drug-likeness (QED) is 0.685. The van der Waals surface area contributed by atoms with Crippen LogP contribution in [-0.4, -0.2) is 51.6 Å². The van der Waals surface area contributed by atoms with Crippen molar-refractivity contribution in [3.63, 3.8) is 0 Å². The molecule has 2 aliphatic rings. The molecule has 8 nitrogen and oxygen atoms in total. The molecule has 4 heterocycles. The maximum Gasteiger partial charge on any atom is 0.266 e. The van der Waals surface area contributed by atoms with Crippen LogP contribution < -0.4 is 16.2 Å². The molecule has 0 unspecified atom stereocenters. The molecule has 2 atom stereocenters. The minimum Gasteiger partial charge on any atom is -0.376 e. The first-order chi connectivity index (χ1) is 14.0. The van der Waals surface area contributed by atoms with E-state index in [1.807, 2.05) is 37.3 Å². The van der Waals surface area contributed by atoms with Crippen molar-refractivity contribution < 1.29 is 4.74 Å². The Hall–Kier alpha value is -2.71. The van der Waals surface area contributed by atoms with E-state index in [0.717, 1.165) is 38.1 Å². The number of hydrogen-bond donors (Lipinski definition) is 2. The Morgan fingerprint density at radius 2 is 1.97 bits per heavy atom. The molecule has 29 heavy (non-hydrogen) atoms. The van der Waals surface area contributed by atoms with Crippen LogP contribution in [0.2, 0.25) is 0 Å². The Labute approximate surface area is 168 Å². The number of anilines is 1. The molecular formula is C21H26N6O2. The van der Waals surface area contributed by atoms with Gasteiger partial charge in [0, 0.05) is 37.2 Å². The van der Waals surface area contributed by atoms with Gasteiger partial charge in [0.2, 0.25) is 5.95 Å². The SMILES string of the molecule is C[C@@H]1OCC2(CCN(c3nc4[nH]nc(-c5ccccc5)c4c(=O)n3C)CC2)[C@@H]1N. The number of benzene rings is 1. The molecule has 0 aliphatic carbocycles. The zero-order valence-corrected chi connectivity index (χ0v) is 16.8. The highest BCUT2D eigenvalue weighted by Gasteiger charge is 2.47. The summed E-state index contributed by atoms with van der Waals surface area (Å²) in [7, 11) is 1.78. The van der Waals surface area contributed by atoms with Crippen molar-refractivity contribution in [2.24, 2.45) is 18.2 Å². The molecule has 3 N–H and O–H groups in total. The van der Waals surface area contributed by atoms with Crippen LogP contribution in [0, 0.1) is 5.41 Å². The lowest BCUT2D eigenvalue weighted by molar-refractivity contribution is 0.0973.